The lowest BCUT2D eigenvalue weighted by atomic mass is 9.81. The van der Waals surface area contributed by atoms with Crippen LogP contribution in [0.4, 0.5) is 23.7 Å². The second-order valence-corrected chi connectivity index (χ2v) is 5.81. The van der Waals surface area contributed by atoms with Crippen molar-refractivity contribution in [3.63, 3.8) is 0 Å². The minimum atomic E-state index is -4.55. The van der Waals surface area contributed by atoms with Crippen molar-refractivity contribution in [2.24, 2.45) is 0 Å². The molecular weight excluding hydrogens is 285 g/mol. The Morgan fingerprint density at radius 1 is 1.24 bits per heavy atom. The van der Waals surface area contributed by atoms with Crippen molar-refractivity contribution < 1.29 is 23.1 Å². The molecule has 0 saturated carbocycles. The predicted octanol–water partition coefficient (Wildman–Crippen LogP) is 3.63. The van der Waals surface area contributed by atoms with E-state index in [0.29, 0.717) is 6.54 Å². The molecule has 0 aromatic heterocycles. The number of hydrogen-bond donors (Lipinski definition) is 2. The maximum absolute atomic E-state index is 13.2. The Morgan fingerprint density at radius 2 is 1.81 bits per heavy atom. The Morgan fingerprint density at radius 3 is 2.24 bits per heavy atom. The summed E-state index contributed by atoms with van der Waals surface area (Å²) in [5.41, 5.74) is -1.50. The first-order valence-electron chi connectivity index (χ1n) is 6.30. The standard InChI is InChI=1S/C14H19F3N2O2/c1-13(2,8-19(3)4)10-6-5-9(18-12(20)21)7-11(10)14(15,16)17/h5-7,18H,8H2,1-4H3,(H,20,21). The molecule has 1 aromatic rings. The monoisotopic (exact) mass is 304 g/mol. The fourth-order valence-electron chi connectivity index (χ4n) is 2.45. The van der Waals surface area contributed by atoms with E-state index in [4.69, 9.17) is 5.11 Å². The van der Waals surface area contributed by atoms with Crippen molar-refractivity contribution in [3.05, 3.63) is 29.3 Å². The summed E-state index contributed by atoms with van der Waals surface area (Å²) >= 11 is 0. The normalized spacial score (nSPS) is 12.6. The molecule has 0 aliphatic carbocycles. The second-order valence-electron chi connectivity index (χ2n) is 5.81. The number of benzene rings is 1. The number of likely N-dealkylation sites (N-methyl/N-ethyl adjacent to an activating group) is 1. The molecule has 0 spiro atoms. The zero-order valence-electron chi connectivity index (χ0n) is 12.4. The van der Waals surface area contributed by atoms with Gasteiger partial charge >= 0.3 is 12.3 Å². The molecule has 0 unspecified atom stereocenters. The average Bonchev–Trinajstić information content (AvgIpc) is 2.24. The van der Waals surface area contributed by atoms with E-state index in [1.54, 1.807) is 27.9 Å². The highest BCUT2D eigenvalue weighted by Crippen LogP contribution is 2.39. The van der Waals surface area contributed by atoms with E-state index in [-0.39, 0.29) is 11.3 Å². The van der Waals surface area contributed by atoms with Crippen molar-refractivity contribution in [2.75, 3.05) is 26.0 Å². The number of halogens is 3. The van der Waals surface area contributed by atoms with Gasteiger partial charge in [-0.2, -0.15) is 13.2 Å². The van der Waals surface area contributed by atoms with Crippen LogP contribution in [0.1, 0.15) is 25.0 Å². The molecule has 118 valence electrons. The minimum Gasteiger partial charge on any atom is -0.465 e. The highest BCUT2D eigenvalue weighted by atomic mass is 19.4. The summed E-state index contributed by atoms with van der Waals surface area (Å²) in [6.07, 6.45) is -5.95. The van der Waals surface area contributed by atoms with Crippen LogP contribution in [0.15, 0.2) is 18.2 Å². The third-order valence-corrected chi connectivity index (χ3v) is 3.02. The first-order valence-corrected chi connectivity index (χ1v) is 6.30. The highest BCUT2D eigenvalue weighted by Gasteiger charge is 2.38. The molecule has 0 aliphatic rings. The van der Waals surface area contributed by atoms with Crippen LogP contribution in [0.5, 0.6) is 0 Å². The summed E-state index contributed by atoms with van der Waals surface area (Å²) in [4.78, 5) is 12.4. The Bertz CT molecular complexity index is 525. The fourth-order valence-corrected chi connectivity index (χ4v) is 2.45. The van der Waals surface area contributed by atoms with Crippen LogP contribution in [0.3, 0.4) is 0 Å². The predicted molar refractivity (Wildman–Crippen MR) is 74.7 cm³/mol. The molecule has 0 saturated heterocycles. The first kappa shape index (κ1) is 17.3. The van der Waals surface area contributed by atoms with E-state index < -0.39 is 23.2 Å². The van der Waals surface area contributed by atoms with Gasteiger partial charge in [-0.25, -0.2) is 4.79 Å². The second kappa shape index (κ2) is 5.93. The summed E-state index contributed by atoms with van der Waals surface area (Å²) in [6.45, 7) is 3.88. The number of alkyl halides is 3. The SMILES string of the molecule is CN(C)CC(C)(C)c1ccc(NC(=O)O)cc1C(F)(F)F. The molecule has 0 aliphatic heterocycles. The lowest BCUT2D eigenvalue weighted by molar-refractivity contribution is -0.138. The Hall–Kier alpha value is -1.76. The van der Waals surface area contributed by atoms with Gasteiger partial charge in [0, 0.05) is 17.6 Å². The number of nitrogens with zero attached hydrogens (tertiary/aromatic N) is 1. The maximum atomic E-state index is 13.2. The minimum absolute atomic E-state index is 0.0979. The third kappa shape index (κ3) is 4.63. The molecule has 1 amide bonds. The molecule has 0 atom stereocenters. The van der Waals surface area contributed by atoms with E-state index in [1.165, 1.54) is 12.1 Å². The van der Waals surface area contributed by atoms with Gasteiger partial charge in [0.15, 0.2) is 0 Å². The number of amides is 1. The smallest absolute Gasteiger partial charge is 0.416 e. The van der Waals surface area contributed by atoms with E-state index in [9.17, 15) is 18.0 Å². The van der Waals surface area contributed by atoms with Crippen LogP contribution < -0.4 is 5.32 Å². The van der Waals surface area contributed by atoms with Gasteiger partial charge in [0.05, 0.1) is 5.56 Å². The van der Waals surface area contributed by atoms with Crippen LogP contribution in [-0.4, -0.2) is 36.7 Å². The quantitative estimate of drug-likeness (QED) is 0.893. The molecule has 2 N–H and O–H groups in total. The largest absolute Gasteiger partial charge is 0.465 e. The Kier molecular flexibility index (Phi) is 4.88. The molecule has 0 radical (unpaired) electrons. The molecule has 0 heterocycles. The van der Waals surface area contributed by atoms with Crippen LogP contribution in [0.25, 0.3) is 0 Å². The van der Waals surface area contributed by atoms with Crippen molar-refractivity contribution in [3.8, 4) is 0 Å². The summed E-state index contributed by atoms with van der Waals surface area (Å²) in [5.74, 6) is 0. The topological polar surface area (TPSA) is 52.6 Å². The van der Waals surface area contributed by atoms with Crippen LogP contribution >= 0.6 is 0 Å². The van der Waals surface area contributed by atoms with Crippen LogP contribution in [-0.2, 0) is 11.6 Å². The number of rotatable bonds is 4. The summed E-state index contributed by atoms with van der Waals surface area (Å²) in [5, 5.41) is 10.6. The number of carbonyl (C=O) groups is 1. The zero-order valence-corrected chi connectivity index (χ0v) is 12.4. The summed E-state index contributed by atoms with van der Waals surface area (Å²) in [6, 6.07) is 3.51. The fraction of sp³-hybridized carbons (Fsp3) is 0.500. The van der Waals surface area contributed by atoms with Crippen molar-refractivity contribution >= 4 is 11.8 Å². The van der Waals surface area contributed by atoms with Crippen molar-refractivity contribution in [2.45, 2.75) is 25.4 Å². The van der Waals surface area contributed by atoms with E-state index in [2.05, 4.69) is 0 Å². The van der Waals surface area contributed by atoms with Gasteiger partial charge in [0.1, 0.15) is 0 Å². The van der Waals surface area contributed by atoms with E-state index in [0.717, 1.165) is 6.07 Å². The lowest BCUT2D eigenvalue weighted by Gasteiger charge is -2.31. The number of anilines is 1. The van der Waals surface area contributed by atoms with Crippen molar-refractivity contribution in [1.29, 1.82) is 0 Å². The molecular formula is C14H19F3N2O2. The molecule has 4 nitrogen and oxygen atoms in total. The summed E-state index contributed by atoms with van der Waals surface area (Å²) in [7, 11) is 3.57. The van der Waals surface area contributed by atoms with Gasteiger partial charge < -0.3 is 10.0 Å². The number of hydrogen-bond acceptors (Lipinski definition) is 2. The summed E-state index contributed by atoms with van der Waals surface area (Å²) < 4.78 is 39.7. The van der Waals surface area contributed by atoms with Gasteiger partial charge in [0.25, 0.3) is 0 Å². The van der Waals surface area contributed by atoms with Gasteiger partial charge in [0.2, 0.25) is 0 Å². The molecule has 1 aromatic carbocycles. The number of carboxylic acid groups (broad SMARTS) is 1. The average molecular weight is 304 g/mol. The van der Waals surface area contributed by atoms with Gasteiger partial charge in [-0.1, -0.05) is 19.9 Å². The maximum Gasteiger partial charge on any atom is 0.416 e. The molecule has 7 heteroatoms. The molecule has 0 fully saturated rings. The lowest BCUT2D eigenvalue weighted by Crippen LogP contribution is -2.34. The van der Waals surface area contributed by atoms with Gasteiger partial charge in [-0.3, -0.25) is 5.32 Å². The molecule has 1 rings (SSSR count). The van der Waals surface area contributed by atoms with Crippen molar-refractivity contribution in [1.82, 2.24) is 4.90 Å². The van der Waals surface area contributed by atoms with E-state index in [1.807, 2.05) is 10.2 Å². The Balaban J connectivity index is 3.35. The highest BCUT2D eigenvalue weighted by molar-refractivity contribution is 5.83. The van der Waals surface area contributed by atoms with Crippen LogP contribution in [0, 0.1) is 0 Å². The van der Waals surface area contributed by atoms with Gasteiger partial charge in [-0.15, -0.1) is 0 Å². The van der Waals surface area contributed by atoms with Gasteiger partial charge in [-0.05, 0) is 31.8 Å². The number of nitrogens with one attached hydrogen (secondary N) is 1. The third-order valence-electron chi connectivity index (χ3n) is 3.02. The molecule has 0 bridgehead atoms. The zero-order chi connectivity index (χ0) is 16.4. The Labute approximate surface area is 121 Å². The first-order chi connectivity index (χ1) is 9.43. The molecule has 21 heavy (non-hydrogen) atoms. The van der Waals surface area contributed by atoms with Crippen LogP contribution in [0.2, 0.25) is 0 Å². The van der Waals surface area contributed by atoms with E-state index >= 15 is 0 Å².